The summed E-state index contributed by atoms with van der Waals surface area (Å²) in [6, 6.07) is 0.338. The molecule has 2 unspecified atom stereocenters. The van der Waals surface area contributed by atoms with Crippen LogP contribution in [-0.2, 0) is 14.6 Å². The van der Waals surface area contributed by atoms with Gasteiger partial charge in [0.2, 0.25) is 0 Å². The van der Waals surface area contributed by atoms with Gasteiger partial charge in [-0.05, 0) is 46.5 Å². The molecule has 0 saturated heterocycles. The van der Waals surface area contributed by atoms with Gasteiger partial charge in [-0.25, -0.2) is 13.2 Å². The average Bonchev–Trinajstić information content (AvgIpc) is 2.24. The molecular weight excluding hydrogens is 292 g/mol. The van der Waals surface area contributed by atoms with Crippen LogP contribution < -0.4 is 10.6 Å². The summed E-state index contributed by atoms with van der Waals surface area (Å²) in [6.45, 7) is 5.97. The zero-order valence-corrected chi connectivity index (χ0v) is 14.3. The van der Waals surface area contributed by atoms with Crippen LogP contribution in [0, 0.1) is 0 Å². The number of ether oxygens (including phenoxy) is 1. The molecule has 1 aliphatic rings. The van der Waals surface area contributed by atoms with Crippen LogP contribution in [-0.4, -0.2) is 50.7 Å². The molecule has 0 heterocycles. The minimum absolute atomic E-state index is 0.0873. The highest BCUT2D eigenvalue weighted by atomic mass is 32.2. The molecule has 21 heavy (non-hydrogen) atoms. The molecule has 0 bridgehead atoms. The number of carbonyl (C=O) groups excluding carboxylic acids is 1. The summed E-state index contributed by atoms with van der Waals surface area (Å²) in [5.41, 5.74) is -0.494. The third-order valence-corrected chi connectivity index (χ3v) is 4.25. The fraction of sp³-hybridized carbons (Fsp3) is 0.929. The maximum atomic E-state index is 11.7. The van der Waals surface area contributed by atoms with Crippen LogP contribution in [0.3, 0.4) is 0 Å². The van der Waals surface area contributed by atoms with Gasteiger partial charge in [-0.15, -0.1) is 0 Å². The highest BCUT2D eigenvalue weighted by Gasteiger charge is 2.25. The van der Waals surface area contributed by atoms with Crippen molar-refractivity contribution in [3.8, 4) is 0 Å². The van der Waals surface area contributed by atoms with Crippen molar-refractivity contribution < 1.29 is 17.9 Å². The fourth-order valence-electron chi connectivity index (χ4n) is 2.43. The number of hydrogen-bond acceptors (Lipinski definition) is 5. The van der Waals surface area contributed by atoms with Crippen molar-refractivity contribution in [2.75, 3.05) is 18.6 Å². The van der Waals surface area contributed by atoms with Gasteiger partial charge in [-0.3, -0.25) is 0 Å². The average molecular weight is 320 g/mol. The quantitative estimate of drug-likeness (QED) is 0.801. The van der Waals surface area contributed by atoms with Crippen molar-refractivity contribution >= 4 is 15.9 Å². The van der Waals surface area contributed by atoms with Crippen LogP contribution in [0.25, 0.3) is 0 Å². The highest BCUT2D eigenvalue weighted by molar-refractivity contribution is 7.90. The monoisotopic (exact) mass is 320 g/mol. The predicted molar refractivity (Wildman–Crippen MR) is 83.1 cm³/mol. The Balaban J connectivity index is 2.33. The van der Waals surface area contributed by atoms with Gasteiger partial charge in [0.25, 0.3) is 0 Å². The smallest absolute Gasteiger partial charge is 0.407 e. The van der Waals surface area contributed by atoms with Gasteiger partial charge in [0.15, 0.2) is 0 Å². The summed E-state index contributed by atoms with van der Waals surface area (Å²) >= 11 is 0. The van der Waals surface area contributed by atoms with Crippen LogP contribution in [0.1, 0.15) is 46.5 Å². The van der Waals surface area contributed by atoms with E-state index in [1.807, 2.05) is 20.8 Å². The number of sulfone groups is 1. The second-order valence-corrected chi connectivity index (χ2v) is 9.05. The lowest BCUT2D eigenvalue weighted by Gasteiger charge is -2.31. The number of nitrogens with one attached hydrogen (secondary N) is 2. The first-order chi connectivity index (χ1) is 9.55. The molecule has 0 aromatic carbocycles. The van der Waals surface area contributed by atoms with Gasteiger partial charge in [0.05, 0.1) is 5.75 Å². The van der Waals surface area contributed by atoms with E-state index >= 15 is 0 Å². The highest BCUT2D eigenvalue weighted by Crippen LogP contribution is 2.19. The van der Waals surface area contributed by atoms with Crippen molar-refractivity contribution in [2.24, 2.45) is 0 Å². The molecule has 0 aromatic rings. The van der Waals surface area contributed by atoms with Gasteiger partial charge in [-0.1, -0.05) is 0 Å². The zero-order valence-electron chi connectivity index (χ0n) is 13.4. The Labute approximate surface area is 127 Å². The standard InChI is InChI=1S/C14H28N2O4S/c1-14(2,3)20-13(17)16-12-7-5-6-11(10-12)15-8-9-21(4,18)19/h11-12,15H,5-10H2,1-4H3,(H,16,17). The summed E-state index contributed by atoms with van der Waals surface area (Å²) < 4.78 is 27.5. The van der Waals surface area contributed by atoms with Gasteiger partial charge in [-0.2, -0.15) is 0 Å². The number of hydrogen-bond donors (Lipinski definition) is 2. The second-order valence-electron chi connectivity index (χ2n) is 6.79. The SMILES string of the molecule is CC(C)(C)OC(=O)NC1CCCC(NCCS(C)(=O)=O)C1. The van der Waals surface area contributed by atoms with Gasteiger partial charge in [0.1, 0.15) is 15.4 Å². The molecule has 7 heteroatoms. The van der Waals surface area contributed by atoms with Crippen LogP contribution in [0.4, 0.5) is 4.79 Å². The molecule has 2 N–H and O–H groups in total. The summed E-state index contributed by atoms with van der Waals surface area (Å²) in [4.78, 5) is 11.7. The fourth-order valence-corrected chi connectivity index (χ4v) is 2.92. The zero-order chi connectivity index (χ0) is 16.1. The topological polar surface area (TPSA) is 84.5 Å². The van der Waals surface area contributed by atoms with E-state index in [0.717, 1.165) is 25.7 Å². The third-order valence-electron chi connectivity index (χ3n) is 3.30. The van der Waals surface area contributed by atoms with Gasteiger partial charge >= 0.3 is 6.09 Å². The van der Waals surface area contributed by atoms with Crippen molar-refractivity contribution in [3.05, 3.63) is 0 Å². The molecule has 1 aliphatic carbocycles. The first-order valence-corrected chi connectivity index (χ1v) is 9.52. The lowest BCUT2D eigenvalue weighted by Crippen LogP contribution is -2.46. The van der Waals surface area contributed by atoms with E-state index in [4.69, 9.17) is 4.74 Å². The first kappa shape index (κ1) is 18.2. The van der Waals surface area contributed by atoms with Crippen LogP contribution in [0.15, 0.2) is 0 Å². The van der Waals surface area contributed by atoms with Crippen LogP contribution in [0.2, 0.25) is 0 Å². The Morgan fingerprint density at radius 2 is 1.86 bits per heavy atom. The molecule has 0 spiro atoms. The van der Waals surface area contributed by atoms with Crippen molar-refractivity contribution in [2.45, 2.75) is 64.1 Å². The molecule has 1 fully saturated rings. The largest absolute Gasteiger partial charge is 0.444 e. The van der Waals surface area contributed by atoms with E-state index < -0.39 is 15.4 Å². The number of rotatable bonds is 5. The van der Waals surface area contributed by atoms with Crippen molar-refractivity contribution in [3.63, 3.8) is 0 Å². The molecule has 2 atom stereocenters. The number of alkyl carbamates (subject to hydrolysis) is 1. The molecule has 0 aliphatic heterocycles. The molecule has 1 saturated carbocycles. The van der Waals surface area contributed by atoms with E-state index in [-0.39, 0.29) is 23.9 Å². The Morgan fingerprint density at radius 1 is 1.24 bits per heavy atom. The summed E-state index contributed by atoms with van der Waals surface area (Å²) in [5, 5.41) is 6.15. The molecule has 1 rings (SSSR count). The van der Waals surface area contributed by atoms with Crippen molar-refractivity contribution in [1.29, 1.82) is 0 Å². The minimum atomic E-state index is -2.93. The Hall–Kier alpha value is -0.820. The van der Waals surface area contributed by atoms with E-state index in [0.29, 0.717) is 6.54 Å². The maximum Gasteiger partial charge on any atom is 0.407 e. The van der Waals surface area contributed by atoms with E-state index in [2.05, 4.69) is 10.6 Å². The van der Waals surface area contributed by atoms with Gasteiger partial charge in [0, 0.05) is 24.9 Å². The second kappa shape index (κ2) is 7.45. The summed E-state index contributed by atoms with van der Waals surface area (Å²) in [5.74, 6) is 0.146. The molecule has 124 valence electrons. The molecule has 6 nitrogen and oxygen atoms in total. The maximum absolute atomic E-state index is 11.7. The first-order valence-electron chi connectivity index (χ1n) is 7.46. The lowest BCUT2D eigenvalue weighted by atomic mass is 9.91. The molecule has 0 radical (unpaired) electrons. The Bertz CT molecular complexity index is 442. The molecule has 1 amide bonds. The van der Waals surface area contributed by atoms with E-state index in [1.165, 1.54) is 6.26 Å². The lowest BCUT2D eigenvalue weighted by molar-refractivity contribution is 0.0489. The van der Waals surface area contributed by atoms with Gasteiger partial charge < -0.3 is 15.4 Å². The predicted octanol–water partition coefficient (Wildman–Crippen LogP) is 1.46. The van der Waals surface area contributed by atoms with Crippen molar-refractivity contribution in [1.82, 2.24) is 10.6 Å². The summed E-state index contributed by atoms with van der Waals surface area (Å²) in [7, 11) is -2.93. The minimum Gasteiger partial charge on any atom is -0.444 e. The van der Waals surface area contributed by atoms with E-state index in [1.54, 1.807) is 0 Å². The summed E-state index contributed by atoms with van der Waals surface area (Å²) in [6.07, 6.45) is 4.62. The molecule has 0 aromatic heterocycles. The Kier molecular flexibility index (Phi) is 6.46. The Morgan fingerprint density at radius 3 is 2.43 bits per heavy atom. The van der Waals surface area contributed by atoms with Crippen LogP contribution in [0.5, 0.6) is 0 Å². The number of carbonyl (C=O) groups is 1. The third kappa shape index (κ3) is 8.93. The van der Waals surface area contributed by atoms with E-state index in [9.17, 15) is 13.2 Å². The van der Waals surface area contributed by atoms with Crippen LogP contribution >= 0.6 is 0 Å². The molecular formula is C14H28N2O4S. The normalized spacial score (nSPS) is 23.6. The number of amides is 1.